The van der Waals surface area contributed by atoms with E-state index >= 15 is 0 Å². The first kappa shape index (κ1) is 11.9. The van der Waals surface area contributed by atoms with E-state index in [1.165, 1.54) is 26.4 Å². The molecule has 72 valence electrons. The number of hydrogen-bond donors (Lipinski definition) is 0. The average Bonchev–Trinajstić information content (AvgIpc) is 2.16. The van der Waals surface area contributed by atoms with E-state index in [1.807, 2.05) is 0 Å². The minimum absolute atomic E-state index is 0.130. The highest BCUT2D eigenvalue weighted by Gasteiger charge is 2.22. The molecule has 7 heteroatoms. The highest BCUT2D eigenvalue weighted by atomic mass is 28.3. The Morgan fingerprint density at radius 1 is 1.31 bits per heavy atom. The lowest BCUT2D eigenvalue weighted by Crippen LogP contribution is -2.35. The van der Waals surface area contributed by atoms with Gasteiger partial charge in [0.1, 0.15) is 0 Å². The SMILES string of the molecule is COC(OC)[SiH](CN=C=O)N=C=O. The molecule has 0 fully saturated rings. The van der Waals surface area contributed by atoms with Crippen molar-refractivity contribution in [2.75, 3.05) is 20.4 Å². The molecule has 0 radical (unpaired) electrons. The number of isocyanates is 2. The maximum Gasteiger partial charge on any atom is 0.265 e. The van der Waals surface area contributed by atoms with Crippen molar-refractivity contribution in [1.29, 1.82) is 0 Å². The highest BCUT2D eigenvalue weighted by Crippen LogP contribution is 1.99. The van der Waals surface area contributed by atoms with Gasteiger partial charge in [-0.3, -0.25) is 0 Å². The summed E-state index contributed by atoms with van der Waals surface area (Å²) in [4.78, 5) is 23.2. The second kappa shape index (κ2) is 7.54. The van der Waals surface area contributed by atoms with E-state index in [0.29, 0.717) is 0 Å². The number of ether oxygens (including phenoxy) is 2. The van der Waals surface area contributed by atoms with E-state index in [2.05, 4.69) is 9.65 Å². The summed E-state index contributed by atoms with van der Waals surface area (Å²) in [6.07, 6.45) is 2.91. The zero-order valence-corrected chi connectivity index (χ0v) is 8.54. The maximum absolute atomic E-state index is 10.0. The van der Waals surface area contributed by atoms with Gasteiger partial charge in [0.15, 0.2) is 5.91 Å². The van der Waals surface area contributed by atoms with Crippen LogP contribution in [-0.4, -0.2) is 47.4 Å². The molecule has 0 rings (SSSR count). The molecule has 0 N–H and O–H groups in total. The molecule has 0 bridgehead atoms. The van der Waals surface area contributed by atoms with Crippen molar-refractivity contribution in [3.05, 3.63) is 0 Å². The molecule has 13 heavy (non-hydrogen) atoms. The van der Waals surface area contributed by atoms with Gasteiger partial charge in [-0.05, 0) is 0 Å². The third-order valence-electron chi connectivity index (χ3n) is 1.34. The highest BCUT2D eigenvalue weighted by molar-refractivity contribution is 6.59. The van der Waals surface area contributed by atoms with Crippen LogP contribution in [0.4, 0.5) is 0 Å². The van der Waals surface area contributed by atoms with Crippen molar-refractivity contribution in [2.24, 2.45) is 9.65 Å². The van der Waals surface area contributed by atoms with Gasteiger partial charge in [-0.15, -0.1) is 0 Å². The molecule has 0 saturated carbocycles. The predicted molar refractivity (Wildman–Crippen MR) is 46.1 cm³/mol. The van der Waals surface area contributed by atoms with Crippen LogP contribution in [-0.2, 0) is 19.1 Å². The smallest absolute Gasteiger partial charge is 0.265 e. The molecule has 0 aromatic heterocycles. The predicted octanol–water partition coefficient (Wildman–Crippen LogP) is -0.921. The summed E-state index contributed by atoms with van der Waals surface area (Å²) in [5, 5.41) is 0. The monoisotopic (exact) mass is 202 g/mol. The standard InChI is InChI=1S/C6H10N2O4Si/c1-11-6(12-2)13(8-4-10)5-7-3-9/h6,13H,5H2,1-2H3. The van der Waals surface area contributed by atoms with Crippen molar-refractivity contribution >= 4 is 21.1 Å². The third-order valence-corrected chi connectivity index (χ3v) is 3.51. The van der Waals surface area contributed by atoms with E-state index in [0.717, 1.165) is 0 Å². The first-order chi connectivity index (χ1) is 6.29. The number of hydrogen-bond acceptors (Lipinski definition) is 6. The van der Waals surface area contributed by atoms with E-state index < -0.39 is 14.9 Å². The lowest BCUT2D eigenvalue weighted by atomic mass is 11.3. The molecule has 0 aliphatic carbocycles. The van der Waals surface area contributed by atoms with Gasteiger partial charge in [0, 0.05) is 14.2 Å². The van der Waals surface area contributed by atoms with Gasteiger partial charge >= 0.3 is 0 Å². The lowest BCUT2D eigenvalue weighted by Gasteiger charge is -2.15. The van der Waals surface area contributed by atoms with Crippen LogP contribution in [0.1, 0.15) is 0 Å². The Morgan fingerprint density at radius 3 is 2.31 bits per heavy atom. The zero-order chi connectivity index (χ0) is 10.1. The first-order valence-electron chi connectivity index (χ1n) is 3.46. The normalized spacial score (nSPS) is 11.6. The third kappa shape index (κ3) is 4.47. The molecule has 0 aliphatic heterocycles. The van der Waals surface area contributed by atoms with Crippen molar-refractivity contribution in [2.45, 2.75) is 5.91 Å². The molecular weight excluding hydrogens is 192 g/mol. The van der Waals surface area contributed by atoms with Crippen LogP contribution in [0.15, 0.2) is 9.65 Å². The van der Waals surface area contributed by atoms with Crippen LogP contribution in [0.5, 0.6) is 0 Å². The molecular formula is C6H10N2O4Si. The Kier molecular flexibility index (Phi) is 6.90. The molecule has 0 amide bonds. The Bertz CT molecular complexity index is 231. The molecule has 1 atom stereocenters. The molecule has 1 unspecified atom stereocenters. The minimum Gasteiger partial charge on any atom is -0.357 e. The summed E-state index contributed by atoms with van der Waals surface area (Å²) in [5.74, 6) is -0.571. The van der Waals surface area contributed by atoms with E-state index in [4.69, 9.17) is 9.47 Å². The number of rotatable bonds is 6. The van der Waals surface area contributed by atoms with E-state index in [1.54, 1.807) is 0 Å². The minimum atomic E-state index is -2.04. The molecule has 0 heterocycles. The van der Waals surface area contributed by atoms with Gasteiger partial charge < -0.3 is 9.47 Å². The van der Waals surface area contributed by atoms with Gasteiger partial charge in [-0.2, -0.15) is 0 Å². The van der Waals surface area contributed by atoms with Gasteiger partial charge in [0.2, 0.25) is 12.2 Å². The van der Waals surface area contributed by atoms with Crippen LogP contribution < -0.4 is 0 Å². The van der Waals surface area contributed by atoms with Gasteiger partial charge in [0.25, 0.3) is 8.96 Å². The summed E-state index contributed by atoms with van der Waals surface area (Å²) in [5.41, 5.74) is 0. The first-order valence-corrected chi connectivity index (χ1v) is 5.46. The zero-order valence-electron chi connectivity index (χ0n) is 7.39. The Labute approximate surface area is 77.0 Å². The van der Waals surface area contributed by atoms with Gasteiger partial charge in [0.05, 0.1) is 6.17 Å². The number of aliphatic imine (C=N–C) groups is 1. The number of carbonyl (C=O) groups excluding carboxylic acids is 2. The average molecular weight is 202 g/mol. The van der Waals surface area contributed by atoms with Crippen molar-refractivity contribution < 1.29 is 19.1 Å². The molecule has 0 saturated heterocycles. The fraction of sp³-hybridized carbons (Fsp3) is 0.667. The van der Waals surface area contributed by atoms with Crippen LogP contribution >= 0.6 is 0 Å². The summed E-state index contributed by atoms with van der Waals surface area (Å²) in [6, 6.07) is 0. The number of methoxy groups -OCH3 is 2. The van der Waals surface area contributed by atoms with E-state index in [-0.39, 0.29) is 6.17 Å². The summed E-state index contributed by atoms with van der Waals surface area (Å²) in [7, 11) is 0.821. The van der Waals surface area contributed by atoms with Crippen LogP contribution in [0.3, 0.4) is 0 Å². The maximum atomic E-state index is 10.0. The Balaban J connectivity index is 4.36. The molecule has 0 aromatic carbocycles. The van der Waals surface area contributed by atoms with Crippen molar-refractivity contribution in [3.63, 3.8) is 0 Å². The molecule has 0 aliphatic rings. The van der Waals surface area contributed by atoms with Crippen LogP contribution in [0.2, 0.25) is 0 Å². The fourth-order valence-electron chi connectivity index (χ4n) is 0.797. The van der Waals surface area contributed by atoms with Gasteiger partial charge in [-0.25, -0.2) is 19.2 Å². The second-order valence-electron chi connectivity index (χ2n) is 2.06. The summed E-state index contributed by atoms with van der Waals surface area (Å²) >= 11 is 0. The van der Waals surface area contributed by atoms with E-state index in [9.17, 15) is 9.59 Å². The molecule has 0 aromatic rings. The second-order valence-corrected chi connectivity index (χ2v) is 4.36. The lowest BCUT2D eigenvalue weighted by molar-refractivity contribution is -0.0472. The van der Waals surface area contributed by atoms with Crippen LogP contribution in [0, 0.1) is 0 Å². The Morgan fingerprint density at radius 2 is 1.92 bits per heavy atom. The molecule has 6 nitrogen and oxygen atoms in total. The quantitative estimate of drug-likeness (QED) is 0.241. The topological polar surface area (TPSA) is 77.3 Å². The summed E-state index contributed by atoms with van der Waals surface area (Å²) < 4.78 is 13.3. The number of nitrogens with zero attached hydrogens (tertiary/aromatic N) is 2. The molecule has 0 spiro atoms. The summed E-state index contributed by atoms with van der Waals surface area (Å²) in [6.45, 7) is 0. The van der Waals surface area contributed by atoms with Crippen molar-refractivity contribution in [3.8, 4) is 0 Å². The van der Waals surface area contributed by atoms with Crippen molar-refractivity contribution in [1.82, 2.24) is 0 Å². The largest absolute Gasteiger partial charge is 0.357 e. The van der Waals surface area contributed by atoms with Gasteiger partial charge in [-0.1, -0.05) is 0 Å². The Hall–Kier alpha value is -1.10. The van der Waals surface area contributed by atoms with Crippen LogP contribution in [0.25, 0.3) is 0 Å². The fourth-order valence-corrected chi connectivity index (χ4v) is 2.20.